The van der Waals surface area contributed by atoms with Crippen LogP contribution in [0.1, 0.15) is 98.5 Å². The van der Waals surface area contributed by atoms with E-state index >= 15 is 0 Å². The lowest BCUT2D eigenvalue weighted by atomic mass is 9.88. The number of rotatable bonds is 21. The molecule has 268 valence electrons. The van der Waals surface area contributed by atoms with Crippen LogP contribution >= 0.6 is 0 Å². The molecule has 1 heterocycles. The Labute approximate surface area is 287 Å². The number of hydrogen-bond donors (Lipinski definition) is 0. The van der Waals surface area contributed by atoms with Crippen molar-refractivity contribution in [2.75, 3.05) is 20.8 Å². The van der Waals surface area contributed by atoms with E-state index in [1.807, 2.05) is 30.3 Å². The van der Waals surface area contributed by atoms with Crippen molar-refractivity contribution in [3.8, 4) is 5.75 Å². The summed E-state index contributed by atoms with van der Waals surface area (Å²) in [7, 11) is 1.38. The third-order valence-corrected chi connectivity index (χ3v) is 14.1. The molecule has 0 unspecified atom stereocenters. The van der Waals surface area contributed by atoms with E-state index in [1.54, 1.807) is 14.2 Å². The molecule has 1 aliphatic heterocycles. The van der Waals surface area contributed by atoms with E-state index in [4.69, 9.17) is 28.1 Å². The largest absolute Gasteiger partial charge is 0.497 e. The highest BCUT2D eigenvalue weighted by molar-refractivity contribution is 6.74. The Morgan fingerprint density at radius 1 is 1.06 bits per heavy atom. The van der Waals surface area contributed by atoms with Crippen LogP contribution in [-0.2, 0) is 34.8 Å². The van der Waals surface area contributed by atoms with Crippen molar-refractivity contribution in [2.45, 2.75) is 148 Å². The van der Waals surface area contributed by atoms with Crippen LogP contribution < -0.4 is 4.74 Å². The topological polar surface area (TPSA) is 72.5 Å². The van der Waals surface area contributed by atoms with Gasteiger partial charge in [-0.1, -0.05) is 65.8 Å². The Kier molecular flexibility index (Phi) is 18.0. The summed E-state index contributed by atoms with van der Waals surface area (Å²) in [5.41, 5.74) is 1.11. The third-order valence-electron chi connectivity index (χ3n) is 9.61. The van der Waals surface area contributed by atoms with Gasteiger partial charge in [0.1, 0.15) is 11.9 Å². The third kappa shape index (κ3) is 15.4. The van der Waals surface area contributed by atoms with Crippen LogP contribution in [-0.4, -0.2) is 65.6 Å². The van der Waals surface area contributed by atoms with Gasteiger partial charge in [-0.25, -0.2) is 0 Å². The van der Waals surface area contributed by atoms with Gasteiger partial charge in [0.2, 0.25) is 0 Å². The van der Waals surface area contributed by atoms with E-state index in [1.165, 1.54) is 0 Å². The van der Waals surface area contributed by atoms with Crippen molar-refractivity contribution in [2.24, 2.45) is 11.8 Å². The minimum absolute atomic E-state index is 0.00832. The molecular formula is C39H66O7Si. The van der Waals surface area contributed by atoms with Gasteiger partial charge < -0.3 is 28.1 Å². The van der Waals surface area contributed by atoms with Gasteiger partial charge in [-0.3, -0.25) is 4.79 Å². The summed E-state index contributed by atoms with van der Waals surface area (Å²) in [6.07, 6.45) is 11.6. The van der Waals surface area contributed by atoms with E-state index in [2.05, 4.69) is 73.4 Å². The van der Waals surface area contributed by atoms with Crippen LogP contribution in [0.15, 0.2) is 49.1 Å². The second kappa shape index (κ2) is 20.5. The first-order valence-corrected chi connectivity index (χ1v) is 20.6. The zero-order chi connectivity index (χ0) is 35.0. The number of esters is 1. The minimum Gasteiger partial charge on any atom is -0.497 e. The summed E-state index contributed by atoms with van der Waals surface area (Å²) in [5.74, 6) is 1.56. The average molecular weight is 675 g/mol. The summed E-state index contributed by atoms with van der Waals surface area (Å²) in [6, 6.07) is 7.95. The number of carbonyl (C=O) groups is 1. The molecule has 6 atom stereocenters. The molecule has 1 aromatic carbocycles. The van der Waals surface area contributed by atoms with Crippen molar-refractivity contribution in [1.29, 1.82) is 0 Å². The molecule has 0 radical (unpaired) electrons. The zero-order valence-corrected chi connectivity index (χ0v) is 32.2. The molecule has 1 saturated heterocycles. The average Bonchev–Trinajstić information content (AvgIpc) is 2.99. The summed E-state index contributed by atoms with van der Waals surface area (Å²) in [4.78, 5) is 13.3. The number of hydrogen-bond acceptors (Lipinski definition) is 7. The van der Waals surface area contributed by atoms with Crippen LogP contribution in [0.4, 0.5) is 0 Å². The van der Waals surface area contributed by atoms with Gasteiger partial charge in [-0.2, -0.15) is 0 Å². The Balaban J connectivity index is 1.98. The normalized spacial score (nSPS) is 21.0. The molecule has 0 spiro atoms. The summed E-state index contributed by atoms with van der Waals surface area (Å²) >= 11 is 0. The van der Waals surface area contributed by atoms with Gasteiger partial charge in [-0.15, -0.1) is 6.58 Å². The molecule has 0 bridgehead atoms. The number of allylic oxidation sites excluding steroid dienone is 1. The van der Waals surface area contributed by atoms with Gasteiger partial charge in [0.15, 0.2) is 8.32 Å². The maximum atomic E-state index is 13.3. The van der Waals surface area contributed by atoms with E-state index in [0.717, 1.165) is 43.4 Å². The van der Waals surface area contributed by atoms with Crippen LogP contribution in [0.2, 0.25) is 18.1 Å². The molecule has 1 aromatic rings. The van der Waals surface area contributed by atoms with Crippen molar-refractivity contribution in [1.82, 2.24) is 0 Å². The quantitative estimate of drug-likeness (QED) is 0.0557. The molecule has 0 aromatic heterocycles. The Morgan fingerprint density at radius 3 is 2.36 bits per heavy atom. The molecule has 0 N–H and O–H groups in total. The maximum absolute atomic E-state index is 13.3. The first-order valence-electron chi connectivity index (χ1n) is 17.7. The standard InChI is InChI=1S/C39H66O7Si/c1-12-14-36(46-47(10,11)39(5,6)7)27-38(40)45-34(16-13-15-29(2)3)25-35-20-17-30(4)37(44-35)26-33(42-9)23-24-43-28-31-18-21-32(41-8)22-19-31/h12-13,16,18-19,21-22,29-30,33-37H,1,14-15,17,20,23-28H2,2-11H3/b16-13+/t30-,33-,34-,35-,36+,37+/m0/s1. The van der Waals surface area contributed by atoms with Crippen molar-refractivity contribution in [3.63, 3.8) is 0 Å². The van der Waals surface area contributed by atoms with E-state index in [9.17, 15) is 4.79 Å². The number of ether oxygens (including phenoxy) is 5. The molecule has 47 heavy (non-hydrogen) atoms. The SMILES string of the molecule is C=CC[C@H](CC(=O)O[C@@H](/C=C/CC(C)C)C[C@@H]1CC[C@H](C)[C@@H](C[C@H](CCOCc2ccc(OC)cc2)OC)O1)O[Si](C)(C)C(C)(C)C. The fourth-order valence-corrected chi connectivity index (χ4v) is 6.91. The highest BCUT2D eigenvalue weighted by Crippen LogP contribution is 2.38. The summed E-state index contributed by atoms with van der Waals surface area (Å²) < 4.78 is 36.5. The predicted molar refractivity (Wildman–Crippen MR) is 194 cm³/mol. The van der Waals surface area contributed by atoms with Crippen LogP contribution in [0, 0.1) is 11.8 Å². The fraction of sp³-hybridized carbons (Fsp3) is 0.718. The lowest BCUT2D eigenvalue weighted by Gasteiger charge is -2.39. The molecule has 1 fully saturated rings. The number of benzene rings is 1. The highest BCUT2D eigenvalue weighted by Gasteiger charge is 2.39. The number of methoxy groups -OCH3 is 2. The molecular weight excluding hydrogens is 609 g/mol. The van der Waals surface area contributed by atoms with Crippen LogP contribution in [0.5, 0.6) is 5.75 Å². The van der Waals surface area contributed by atoms with Crippen molar-refractivity contribution >= 4 is 14.3 Å². The van der Waals surface area contributed by atoms with Gasteiger partial charge in [0.05, 0.1) is 44.6 Å². The fourth-order valence-electron chi connectivity index (χ4n) is 5.55. The highest BCUT2D eigenvalue weighted by atomic mass is 28.4. The van der Waals surface area contributed by atoms with E-state index in [-0.39, 0.29) is 47.9 Å². The molecule has 0 aliphatic carbocycles. The van der Waals surface area contributed by atoms with Gasteiger partial charge in [0.25, 0.3) is 0 Å². The second-order valence-electron chi connectivity index (χ2n) is 15.2. The van der Waals surface area contributed by atoms with Crippen LogP contribution in [0.25, 0.3) is 0 Å². The Hall–Kier alpha value is -1.97. The zero-order valence-electron chi connectivity index (χ0n) is 31.2. The van der Waals surface area contributed by atoms with E-state index < -0.39 is 8.32 Å². The molecule has 7 nitrogen and oxygen atoms in total. The Morgan fingerprint density at radius 2 is 1.77 bits per heavy atom. The lowest BCUT2D eigenvalue weighted by Crippen LogP contribution is -2.44. The van der Waals surface area contributed by atoms with Gasteiger partial charge in [0, 0.05) is 26.6 Å². The summed E-state index contributed by atoms with van der Waals surface area (Å²) in [5, 5.41) is 0.0521. The predicted octanol–water partition coefficient (Wildman–Crippen LogP) is 9.45. The van der Waals surface area contributed by atoms with Gasteiger partial charge >= 0.3 is 5.97 Å². The molecule has 0 saturated carbocycles. The first-order chi connectivity index (χ1) is 22.2. The molecule has 2 rings (SSSR count). The molecule has 8 heteroatoms. The van der Waals surface area contributed by atoms with Crippen LogP contribution in [0.3, 0.4) is 0 Å². The molecule has 1 aliphatic rings. The Bertz CT molecular complexity index is 1060. The second-order valence-corrected chi connectivity index (χ2v) is 19.9. The molecule has 0 amide bonds. The first kappa shape index (κ1) is 41.2. The van der Waals surface area contributed by atoms with E-state index in [0.29, 0.717) is 37.9 Å². The maximum Gasteiger partial charge on any atom is 0.308 e. The minimum atomic E-state index is -2.05. The number of carbonyl (C=O) groups excluding carboxylic acids is 1. The summed E-state index contributed by atoms with van der Waals surface area (Å²) in [6.45, 7) is 22.8. The monoisotopic (exact) mass is 674 g/mol. The van der Waals surface area contributed by atoms with Crippen molar-refractivity contribution in [3.05, 3.63) is 54.6 Å². The lowest BCUT2D eigenvalue weighted by molar-refractivity contribution is -0.153. The van der Waals surface area contributed by atoms with Crippen molar-refractivity contribution < 1.29 is 32.9 Å². The smallest absolute Gasteiger partial charge is 0.308 e. The van der Waals surface area contributed by atoms with Gasteiger partial charge in [-0.05, 0) is 85.8 Å².